The number of hydrogen-bond donors (Lipinski definition) is 0. The molecule has 1 fully saturated rings. The van der Waals surface area contributed by atoms with Crippen molar-refractivity contribution in [1.29, 1.82) is 0 Å². The van der Waals surface area contributed by atoms with Crippen LogP contribution in [0.4, 0.5) is 0 Å². The fraction of sp³-hybridized carbons (Fsp3) is 0.429. The first-order valence-corrected chi connectivity index (χ1v) is 8.38. The Morgan fingerprint density at radius 1 is 1.25 bits per heavy atom. The third-order valence-electron chi connectivity index (χ3n) is 3.88. The van der Waals surface area contributed by atoms with E-state index in [0.29, 0.717) is 12.1 Å². The first kappa shape index (κ1) is 13.3. The van der Waals surface area contributed by atoms with Crippen LogP contribution in [0.2, 0.25) is 0 Å². The van der Waals surface area contributed by atoms with Crippen molar-refractivity contribution < 1.29 is 13.2 Å². The summed E-state index contributed by atoms with van der Waals surface area (Å²) in [6.45, 7) is 1.80. The summed E-state index contributed by atoms with van der Waals surface area (Å²) in [5.41, 5.74) is 0.917. The molecule has 5 nitrogen and oxygen atoms in total. The van der Waals surface area contributed by atoms with Crippen LogP contribution in [0.15, 0.2) is 35.4 Å². The van der Waals surface area contributed by atoms with Gasteiger partial charge in [-0.25, -0.2) is 13.4 Å². The minimum Gasteiger partial charge on any atom is -0.272 e. The van der Waals surface area contributed by atoms with Gasteiger partial charge in [0.15, 0.2) is 9.84 Å². The van der Waals surface area contributed by atoms with E-state index in [-0.39, 0.29) is 23.8 Å². The second-order valence-corrected chi connectivity index (χ2v) is 7.82. The van der Waals surface area contributed by atoms with Gasteiger partial charge in [0.1, 0.15) is 0 Å². The van der Waals surface area contributed by atoms with Crippen molar-refractivity contribution in [3.05, 3.63) is 35.9 Å². The molecule has 0 saturated carbocycles. The number of amides is 1. The van der Waals surface area contributed by atoms with Gasteiger partial charge in [0, 0.05) is 0 Å². The van der Waals surface area contributed by atoms with Gasteiger partial charge < -0.3 is 0 Å². The minimum atomic E-state index is -3.06. The molecule has 0 radical (unpaired) electrons. The van der Waals surface area contributed by atoms with Crippen LogP contribution in [-0.2, 0) is 14.6 Å². The smallest absolute Gasteiger partial charge is 0.249 e. The SMILES string of the molecule is CC1(N2N=C(c3ccccc3)CC2=O)CCS(=O)(=O)C1. The minimum absolute atomic E-state index is 0.00267. The van der Waals surface area contributed by atoms with Gasteiger partial charge in [0.05, 0.1) is 29.2 Å². The van der Waals surface area contributed by atoms with Gasteiger partial charge in [-0.3, -0.25) is 4.79 Å². The first-order chi connectivity index (χ1) is 9.40. The van der Waals surface area contributed by atoms with Crippen molar-refractivity contribution in [3.8, 4) is 0 Å². The molecule has 1 saturated heterocycles. The molecule has 1 aromatic carbocycles. The lowest BCUT2D eigenvalue weighted by molar-refractivity contribution is -0.133. The predicted octanol–water partition coefficient (Wildman–Crippen LogP) is 1.20. The van der Waals surface area contributed by atoms with Crippen molar-refractivity contribution >= 4 is 21.5 Å². The van der Waals surface area contributed by atoms with Gasteiger partial charge in [-0.15, -0.1) is 0 Å². The molecule has 0 bridgehead atoms. The highest BCUT2D eigenvalue weighted by Gasteiger charge is 2.47. The van der Waals surface area contributed by atoms with Gasteiger partial charge in [0.25, 0.3) is 0 Å². The zero-order chi connectivity index (χ0) is 14.4. The Balaban J connectivity index is 1.92. The standard InChI is InChI=1S/C14H16N2O3S/c1-14(7-8-20(18,19)10-14)16-13(17)9-12(15-16)11-5-3-2-4-6-11/h2-6H,7-10H2,1H3. The van der Waals surface area contributed by atoms with Crippen LogP contribution in [0.1, 0.15) is 25.3 Å². The van der Waals surface area contributed by atoms with E-state index < -0.39 is 15.4 Å². The highest BCUT2D eigenvalue weighted by atomic mass is 32.2. The number of sulfone groups is 1. The van der Waals surface area contributed by atoms with E-state index in [1.807, 2.05) is 30.3 Å². The van der Waals surface area contributed by atoms with Gasteiger partial charge in [0.2, 0.25) is 5.91 Å². The maximum absolute atomic E-state index is 12.2. The quantitative estimate of drug-likeness (QED) is 0.822. The van der Waals surface area contributed by atoms with Crippen LogP contribution in [0.5, 0.6) is 0 Å². The number of carbonyl (C=O) groups is 1. The number of hydrazone groups is 1. The molecule has 3 rings (SSSR count). The van der Waals surface area contributed by atoms with Crippen molar-refractivity contribution in [2.24, 2.45) is 5.10 Å². The molecule has 106 valence electrons. The molecule has 0 N–H and O–H groups in total. The summed E-state index contributed by atoms with van der Waals surface area (Å²) in [7, 11) is -3.06. The molecular formula is C14H16N2O3S. The molecule has 1 unspecified atom stereocenters. The van der Waals surface area contributed by atoms with Gasteiger partial charge in [-0.2, -0.15) is 5.10 Å². The van der Waals surface area contributed by atoms with Crippen molar-refractivity contribution in [2.75, 3.05) is 11.5 Å². The highest BCUT2D eigenvalue weighted by molar-refractivity contribution is 7.91. The summed E-state index contributed by atoms with van der Waals surface area (Å²) >= 11 is 0. The van der Waals surface area contributed by atoms with E-state index in [1.165, 1.54) is 5.01 Å². The normalized spacial score (nSPS) is 28.8. The second kappa shape index (κ2) is 4.41. The van der Waals surface area contributed by atoms with Crippen molar-refractivity contribution in [3.63, 3.8) is 0 Å². The predicted molar refractivity (Wildman–Crippen MR) is 76.1 cm³/mol. The maximum atomic E-state index is 12.2. The van der Waals surface area contributed by atoms with E-state index in [9.17, 15) is 13.2 Å². The average molecular weight is 292 g/mol. The molecule has 1 aromatic rings. The largest absolute Gasteiger partial charge is 0.272 e. The first-order valence-electron chi connectivity index (χ1n) is 6.56. The average Bonchev–Trinajstić information content (AvgIpc) is 2.92. The molecule has 1 amide bonds. The van der Waals surface area contributed by atoms with Gasteiger partial charge >= 0.3 is 0 Å². The van der Waals surface area contributed by atoms with Crippen LogP contribution in [0.25, 0.3) is 0 Å². The Bertz CT molecular complexity index is 682. The van der Waals surface area contributed by atoms with Gasteiger partial charge in [-0.05, 0) is 18.9 Å². The number of rotatable bonds is 2. The molecule has 6 heteroatoms. The molecule has 2 aliphatic heterocycles. The third kappa shape index (κ3) is 2.24. The van der Waals surface area contributed by atoms with E-state index in [4.69, 9.17) is 0 Å². The molecule has 20 heavy (non-hydrogen) atoms. The van der Waals surface area contributed by atoms with Crippen LogP contribution < -0.4 is 0 Å². The lowest BCUT2D eigenvalue weighted by atomic mass is 10.0. The summed E-state index contributed by atoms with van der Waals surface area (Å²) in [6.07, 6.45) is 0.687. The number of benzene rings is 1. The number of carbonyl (C=O) groups excluding carboxylic acids is 1. The summed E-state index contributed by atoms with van der Waals surface area (Å²) in [6, 6.07) is 9.51. The summed E-state index contributed by atoms with van der Waals surface area (Å²) in [5.74, 6) is 0.00397. The Morgan fingerprint density at radius 3 is 2.55 bits per heavy atom. The van der Waals surface area contributed by atoms with E-state index in [2.05, 4.69) is 5.10 Å². The summed E-state index contributed by atoms with van der Waals surface area (Å²) < 4.78 is 23.3. The fourth-order valence-corrected chi connectivity index (χ4v) is 4.91. The van der Waals surface area contributed by atoms with E-state index >= 15 is 0 Å². The van der Waals surface area contributed by atoms with Crippen molar-refractivity contribution in [2.45, 2.75) is 25.3 Å². The monoisotopic (exact) mass is 292 g/mol. The van der Waals surface area contributed by atoms with Crippen LogP contribution in [-0.4, -0.2) is 42.1 Å². The van der Waals surface area contributed by atoms with Crippen molar-refractivity contribution in [1.82, 2.24) is 5.01 Å². The lowest BCUT2D eigenvalue weighted by Crippen LogP contribution is -2.45. The molecule has 0 aromatic heterocycles. The van der Waals surface area contributed by atoms with Crippen LogP contribution in [0, 0.1) is 0 Å². The molecule has 0 aliphatic carbocycles. The molecule has 1 atom stereocenters. The second-order valence-electron chi connectivity index (χ2n) is 5.63. The van der Waals surface area contributed by atoms with Gasteiger partial charge in [-0.1, -0.05) is 30.3 Å². The molecule has 0 spiro atoms. The molecule has 2 heterocycles. The summed E-state index contributed by atoms with van der Waals surface area (Å²) in [5, 5.41) is 5.78. The fourth-order valence-electron chi connectivity index (χ4n) is 2.80. The van der Waals surface area contributed by atoms with E-state index in [1.54, 1.807) is 6.92 Å². The zero-order valence-electron chi connectivity index (χ0n) is 11.2. The molecular weight excluding hydrogens is 276 g/mol. The Kier molecular flexibility index (Phi) is 2.93. The topological polar surface area (TPSA) is 66.8 Å². The zero-order valence-corrected chi connectivity index (χ0v) is 12.1. The van der Waals surface area contributed by atoms with Crippen LogP contribution >= 0.6 is 0 Å². The third-order valence-corrected chi connectivity index (χ3v) is 5.76. The highest BCUT2D eigenvalue weighted by Crippen LogP contribution is 2.33. The number of hydrogen-bond acceptors (Lipinski definition) is 4. The Labute approximate surface area is 118 Å². The summed E-state index contributed by atoms with van der Waals surface area (Å²) in [4.78, 5) is 12.2. The van der Waals surface area contributed by atoms with E-state index in [0.717, 1.165) is 5.56 Å². The number of nitrogens with zero attached hydrogens (tertiary/aromatic N) is 2. The maximum Gasteiger partial charge on any atom is 0.249 e. The Morgan fingerprint density at radius 2 is 1.95 bits per heavy atom. The molecule has 2 aliphatic rings. The van der Waals surface area contributed by atoms with Crippen LogP contribution in [0.3, 0.4) is 0 Å². The Hall–Kier alpha value is -1.69. The lowest BCUT2D eigenvalue weighted by Gasteiger charge is -2.30.